The number of hydrogen-bond acceptors (Lipinski definition) is 6. The number of thioether (sulfide) groups is 1. The smallest absolute Gasteiger partial charge is 0.326 e. The highest BCUT2D eigenvalue weighted by Gasteiger charge is 2.30. The van der Waals surface area contributed by atoms with Gasteiger partial charge in [-0.15, -0.1) is 11.8 Å². The van der Waals surface area contributed by atoms with Gasteiger partial charge in [0.2, 0.25) is 11.8 Å². The predicted octanol–water partition coefficient (Wildman–Crippen LogP) is -0.386. The van der Waals surface area contributed by atoms with Crippen LogP contribution in [0.1, 0.15) is 33.1 Å². The zero-order chi connectivity index (χ0) is 19.0. The van der Waals surface area contributed by atoms with Crippen LogP contribution in [0.2, 0.25) is 0 Å². The Balaban J connectivity index is 2.71. The summed E-state index contributed by atoms with van der Waals surface area (Å²) in [4.78, 5) is 46.5. The molecule has 0 bridgehead atoms. The first kappa shape index (κ1) is 21.2. The monoisotopic (exact) mass is 375 g/mol. The van der Waals surface area contributed by atoms with Crippen molar-refractivity contribution in [1.29, 1.82) is 0 Å². The van der Waals surface area contributed by atoms with Gasteiger partial charge in [0.1, 0.15) is 12.1 Å². The van der Waals surface area contributed by atoms with Crippen molar-refractivity contribution < 1.29 is 29.4 Å². The van der Waals surface area contributed by atoms with E-state index in [9.17, 15) is 19.2 Å². The average molecular weight is 375 g/mol. The molecule has 0 saturated carbocycles. The third-order valence-electron chi connectivity index (χ3n) is 3.63. The van der Waals surface area contributed by atoms with Gasteiger partial charge in [0, 0.05) is 18.1 Å². The van der Waals surface area contributed by atoms with Gasteiger partial charge in [-0.2, -0.15) is 0 Å². The molecule has 1 heterocycles. The van der Waals surface area contributed by atoms with Crippen LogP contribution < -0.4 is 16.0 Å². The number of carbonyl (C=O) groups excluding carboxylic acids is 2. The molecule has 1 aliphatic heterocycles. The van der Waals surface area contributed by atoms with Gasteiger partial charge in [-0.3, -0.25) is 19.7 Å². The summed E-state index contributed by atoms with van der Waals surface area (Å²) < 4.78 is 0. The highest BCUT2D eigenvalue weighted by molar-refractivity contribution is 7.99. The Bertz CT molecular complexity index is 507. The van der Waals surface area contributed by atoms with Crippen molar-refractivity contribution in [1.82, 2.24) is 16.0 Å². The maximum absolute atomic E-state index is 12.4. The zero-order valence-corrected chi connectivity index (χ0v) is 15.1. The Morgan fingerprint density at radius 2 is 1.84 bits per heavy atom. The standard InChI is InChI=1S/C15H25N3O6S/c1-8(2)5-10(18-14(22)11-6-25-7-16-11)13(21)17-9(15(23)24)3-4-12(19)20/h8-11,16H,3-7H2,1-2H3,(H,17,21)(H,18,22)(H,19,20)(H,23,24)/t9-,10-,11-/m0/s1. The van der Waals surface area contributed by atoms with E-state index in [1.165, 1.54) is 0 Å². The molecule has 0 aromatic carbocycles. The van der Waals surface area contributed by atoms with E-state index in [1.54, 1.807) is 11.8 Å². The second kappa shape index (κ2) is 10.2. The fourth-order valence-corrected chi connectivity index (χ4v) is 3.28. The summed E-state index contributed by atoms with van der Waals surface area (Å²) in [6.45, 7) is 3.77. The molecule has 1 aliphatic rings. The van der Waals surface area contributed by atoms with Gasteiger partial charge in [0.05, 0.1) is 6.04 Å². The van der Waals surface area contributed by atoms with E-state index in [4.69, 9.17) is 10.2 Å². The number of rotatable bonds is 10. The molecule has 1 saturated heterocycles. The minimum Gasteiger partial charge on any atom is -0.481 e. The summed E-state index contributed by atoms with van der Waals surface area (Å²) in [5.41, 5.74) is 0. The third kappa shape index (κ3) is 7.74. The number of carboxylic acids is 2. The molecule has 1 rings (SSSR count). The number of carboxylic acid groups (broad SMARTS) is 2. The quantitative estimate of drug-likeness (QED) is 0.347. The van der Waals surface area contributed by atoms with Crippen LogP contribution >= 0.6 is 11.8 Å². The highest BCUT2D eigenvalue weighted by atomic mass is 32.2. The Hall–Kier alpha value is -1.81. The van der Waals surface area contributed by atoms with Crippen molar-refractivity contribution >= 4 is 35.5 Å². The fraction of sp³-hybridized carbons (Fsp3) is 0.733. The molecule has 0 spiro atoms. The summed E-state index contributed by atoms with van der Waals surface area (Å²) >= 11 is 1.58. The summed E-state index contributed by atoms with van der Waals surface area (Å²) in [5.74, 6) is -2.00. The minimum atomic E-state index is -1.31. The molecule has 9 nitrogen and oxygen atoms in total. The maximum Gasteiger partial charge on any atom is 0.326 e. The van der Waals surface area contributed by atoms with E-state index in [2.05, 4.69) is 16.0 Å². The van der Waals surface area contributed by atoms with E-state index in [-0.39, 0.29) is 30.7 Å². The van der Waals surface area contributed by atoms with Gasteiger partial charge in [-0.1, -0.05) is 13.8 Å². The molecule has 3 atom stereocenters. The largest absolute Gasteiger partial charge is 0.481 e. The lowest BCUT2D eigenvalue weighted by molar-refractivity contribution is -0.143. The van der Waals surface area contributed by atoms with Crippen molar-refractivity contribution in [2.45, 2.75) is 51.2 Å². The van der Waals surface area contributed by atoms with Crippen LogP contribution in [0.25, 0.3) is 0 Å². The Morgan fingerprint density at radius 1 is 1.16 bits per heavy atom. The van der Waals surface area contributed by atoms with Crippen molar-refractivity contribution in [3.63, 3.8) is 0 Å². The van der Waals surface area contributed by atoms with Gasteiger partial charge in [0.15, 0.2) is 0 Å². The number of aliphatic carboxylic acids is 2. The predicted molar refractivity (Wildman–Crippen MR) is 92.1 cm³/mol. The van der Waals surface area contributed by atoms with Crippen molar-refractivity contribution in [3.8, 4) is 0 Å². The van der Waals surface area contributed by atoms with E-state index < -0.39 is 29.9 Å². The lowest BCUT2D eigenvalue weighted by Crippen LogP contribution is -2.55. The van der Waals surface area contributed by atoms with Gasteiger partial charge in [-0.05, 0) is 18.8 Å². The lowest BCUT2D eigenvalue weighted by atomic mass is 10.0. The highest BCUT2D eigenvalue weighted by Crippen LogP contribution is 2.11. The third-order valence-corrected chi connectivity index (χ3v) is 4.57. The molecule has 0 aliphatic carbocycles. The second-order valence-corrected chi connectivity index (χ2v) is 7.32. The van der Waals surface area contributed by atoms with Crippen LogP contribution in [-0.2, 0) is 19.2 Å². The molecular formula is C15H25N3O6S. The summed E-state index contributed by atoms with van der Waals surface area (Å²) in [6, 6.07) is -2.56. The summed E-state index contributed by atoms with van der Waals surface area (Å²) in [7, 11) is 0. The first-order valence-corrected chi connectivity index (χ1v) is 9.22. The van der Waals surface area contributed by atoms with Crippen molar-refractivity contribution in [3.05, 3.63) is 0 Å². The van der Waals surface area contributed by atoms with Gasteiger partial charge < -0.3 is 20.8 Å². The number of hydrogen-bond donors (Lipinski definition) is 5. The second-order valence-electron chi connectivity index (χ2n) is 6.29. The van der Waals surface area contributed by atoms with Crippen LogP contribution in [0.3, 0.4) is 0 Å². The molecule has 0 unspecified atom stereocenters. The average Bonchev–Trinajstić information content (AvgIpc) is 3.03. The first-order chi connectivity index (χ1) is 11.7. The molecule has 10 heteroatoms. The van der Waals surface area contributed by atoms with Gasteiger partial charge >= 0.3 is 11.9 Å². The van der Waals surface area contributed by atoms with Crippen LogP contribution in [0.15, 0.2) is 0 Å². The molecule has 5 N–H and O–H groups in total. The molecule has 1 fully saturated rings. The molecule has 25 heavy (non-hydrogen) atoms. The molecule has 0 aromatic rings. The molecule has 0 aromatic heterocycles. The minimum absolute atomic E-state index is 0.101. The summed E-state index contributed by atoms with van der Waals surface area (Å²) in [5, 5.41) is 25.8. The van der Waals surface area contributed by atoms with Crippen LogP contribution in [-0.4, -0.2) is 63.7 Å². The van der Waals surface area contributed by atoms with Crippen molar-refractivity contribution in [2.75, 3.05) is 11.6 Å². The Morgan fingerprint density at radius 3 is 2.32 bits per heavy atom. The first-order valence-electron chi connectivity index (χ1n) is 8.07. The SMILES string of the molecule is CC(C)C[C@H](NC(=O)[C@@H]1CSCN1)C(=O)N[C@@H](CCC(=O)O)C(=O)O. The molecular weight excluding hydrogens is 350 g/mol. The van der Waals surface area contributed by atoms with Crippen LogP contribution in [0.4, 0.5) is 0 Å². The number of nitrogens with one attached hydrogen (secondary N) is 3. The van der Waals surface area contributed by atoms with Crippen LogP contribution in [0.5, 0.6) is 0 Å². The zero-order valence-electron chi connectivity index (χ0n) is 14.3. The van der Waals surface area contributed by atoms with E-state index in [1.807, 2.05) is 13.8 Å². The topological polar surface area (TPSA) is 145 Å². The van der Waals surface area contributed by atoms with E-state index in [0.29, 0.717) is 18.1 Å². The van der Waals surface area contributed by atoms with Gasteiger partial charge in [-0.25, -0.2) is 4.79 Å². The van der Waals surface area contributed by atoms with E-state index in [0.717, 1.165) is 0 Å². The van der Waals surface area contributed by atoms with Crippen molar-refractivity contribution in [2.24, 2.45) is 5.92 Å². The molecule has 2 amide bonds. The number of carbonyl (C=O) groups is 4. The molecule has 142 valence electrons. The molecule has 0 radical (unpaired) electrons. The fourth-order valence-electron chi connectivity index (χ4n) is 2.34. The van der Waals surface area contributed by atoms with Gasteiger partial charge in [0.25, 0.3) is 0 Å². The van der Waals surface area contributed by atoms with E-state index >= 15 is 0 Å². The Kier molecular flexibility index (Phi) is 8.70. The normalized spacial score (nSPS) is 19.2. The lowest BCUT2D eigenvalue weighted by Gasteiger charge is -2.23. The number of amides is 2. The summed E-state index contributed by atoms with van der Waals surface area (Å²) in [6.07, 6.45) is -0.246. The maximum atomic E-state index is 12.4. The Labute approximate surface area is 150 Å². The van der Waals surface area contributed by atoms with Crippen LogP contribution in [0, 0.1) is 5.92 Å².